The van der Waals surface area contributed by atoms with Crippen LogP contribution in [0.2, 0.25) is 0 Å². The minimum Gasteiger partial charge on any atom is -0.449 e. The number of ether oxygens (including phenoxy) is 1. The summed E-state index contributed by atoms with van der Waals surface area (Å²) < 4.78 is 17.8. The molecule has 182 valence electrons. The lowest BCUT2D eigenvalue weighted by Crippen LogP contribution is -2.41. The van der Waals surface area contributed by atoms with Gasteiger partial charge in [0, 0.05) is 30.6 Å². The average Bonchev–Trinajstić information content (AvgIpc) is 3.02. The number of amides is 1. The predicted molar refractivity (Wildman–Crippen MR) is 132 cm³/mol. The average molecular weight is 456 g/mol. The van der Waals surface area contributed by atoms with Crippen LogP contribution in [0.3, 0.4) is 0 Å². The van der Waals surface area contributed by atoms with Crippen LogP contribution in [0.15, 0.2) is 24.3 Å². The van der Waals surface area contributed by atoms with Crippen LogP contribution in [0.4, 0.5) is 4.79 Å². The molecule has 1 aromatic rings. The highest BCUT2D eigenvalue weighted by Crippen LogP contribution is 2.52. The first-order chi connectivity index (χ1) is 15.3. The molecule has 0 radical (unpaired) electrons. The first kappa shape index (κ1) is 24.6. The van der Waals surface area contributed by atoms with E-state index < -0.39 is 0 Å². The van der Waals surface area contributed by atoms with Crippen molar-refractivity contribution in [3.05, 3.63) is 29.8 Å². The third-order valence-corrected chi connectivity index (χ3v) is 7.94. The molecule has 0 spiro atoms. The van der Waals surface area contributed by atoms with Crippen molar-refractivity contribution in [1.29, 1.82) is 0 Å². The largest absolute Gasteiger partial charge is 0.494 e. The maximum absolute atomic E-state index is 11.9. The zero-order chi connectivity index (χ0) is 24.2. The summed E-state index contributed by atoms with van der Waals surface area (Å²) in [5.74, 6) is 1.86. The van der Waals surface area contributed by atoms with Gasteiger partial charge in [-0.25, -0.2) is 4.79 Å². The van der Waals surface area contributed by atoms with Gasteiger partial charge in [0.1, 0.15) is 0 Å². The Morgan fingerprint density at radius 2 is 1.67 bits per heavy atom. The second kappa shape index (κ2) is 8.58. The van der Waals surface area contributed by atoms with Gasteiger partial charge >= 0.3 is 13.2 Å². The number of nitrogens with zero attached hydrogens (tertiary/aromatic N) is 1. The second-order valence-corrected chi connectivity index (χ2v) is 12.3. The highest BCUT2D eigenvalue weighted by atomic mass is 16.7. The number of benzene rings is 1. The fourth-order valence-electron chi connectivity index (χ4n) is 5.06. The highest BCUT2D eigenvalue weighted by molar-refractivity contribution is 6.62. The van der Waals surface area contributed by atoms with Crippen molar-refractivity contribution in [3.63, 3.8) is 0 Å². The Morgan fingerprint density at radius 1 is 1.12 bits per heavy atom. The number of carbonyl (C=O) groups is 1. The summed E-state index contributed by atoms with van der Waals surface area (Å²) in [5.41, 5.74) is 1.51. The zero-order valence-electron chi connectivity index (χ0n) is 21.6. The van der Waals surface area contributed by atoms with Crippen LogP contribution in [-0.4, -0.2) is 60.6 Å². The molecule has 2 unspecified atom stereocenters. The molecule has 0 bridgehead atoms. The zero-order valence-corrected chi connectivity index (χ0v) is 21.6. The number of carbonyl (C=O) groups excluding carboxylic acids is 1. The SMILES string of the molecule is C[C@H](Cc1ccc(B2OC(C)(C)C(C)(C)O2)cc1)N1CC2C(COC(=O)NC(C)(C)C)C2C1. The van der Waals surface area contributed by atoms with Crippen molar-refractivity contribution in [2.75, 3.05) is 19.7 Å². The molecule has 2 heterocycles. The van der Waals surface area contributed by atoms with Crippen molar-refractivity contribution >= 4 is 18.7 Å². The topological polar surface area (TPSA) is 60.0 Å². The summed E-state index contributed by atoms with van der Waals surface area (Å²) in [4.78, 5) is 14.5. The fraction of sp³-hybridized carbons (Fsp3) is 0.731. The molecule has 4 rings (SSSR count). The van der Waals surface area contributed by atoms with Gasteiger partial charge < -0.3 is 19.4 Å². The second-order valence-electron chi connectivity index (χ2n) is 12.3. The van der Waals surface area contributed by atoms with Crippen molar-refractivity contribution in [1.82, 2.24) is 10.2 Å². The minimum atomic E-state index is -0.319. The van der Waals surface area contributed by atoms with Crippen LogP contribution in [0.5, 0.6) is 0 Å². The van der Waals surface area contributed by atoms with Gasteiger partial charge in [0.2, 0.25) is 0 Å². The summed E-state index contributed by atoms with van der Waals surface area (Å²) in [6, 6.07) is 9.19. The van der Waals surface area contributed by atoms with E-state index >= 15 is 0 Å². The number of fused-ring (bicyclic) bond motifs is 1. The van der Waals surface area contributed by atoms with Crippen molar-refractivity contribution in [2.24, 2.45) is 17.8 Å². The molecule has 3 aliphatic rings. The molecule has 3 atom stereocenters. The number of nitrogens with one attached hydrogen (secondary N) is 1. The highest BCUT2D eigenvalue weighted by Gasteiger charge is 2.56. The number of hydrogen-bond acceptors (Lipinski definition) is 5. The Hall–Kier alpha value is -1.57. The van der Waals surface area contributed by atoms with Crippen LogP contribution in [0, 0.1) is 17.8 Å². The summed E-state index contributed by atoms with van der Waals surface area (Å²) in [5, 5.41) is 2.86. The van der Waals surface area contributed by atoms with Crippen molar-refractivity contribution in [2.45, 2.75) is 84.6 Å². The van der Waals surface area contributed by atoms with Crippen LogP contribution < -0.4 is 10.8 Å². The standard InChI is InChI=1S/C26H41BN2O4/c1-17(29-14-20-21(15-29)22(20)16-31-23(30)28-24(2,3)4)13-18-9-11-19(12-10-18)27-32-25(5,6)26(7,8)33-27/h9-12,17,20-22H,13-16H2,1-8H3,(H,28,30)/t17-,20?,21?,22?/m1/s1. The Morgan fingerprint density at radius 3 is 2.18 bits per heavy atom. The minimum absolute atomic E-state index is 0.259. The quantitative estimate of drug-likeness (QED) is 0.663. The van der Waals surface area contributed by atoms with Gasteiger partial charge in [-0.05, 0) is 84.7 Å². The van der Waals surface area contributed by atoms with Crippen LogP contribution in [0.1, 0.15) is 61.0 Å². The Bertz CT molecular complexity index is 836. The molecule has 2 saturated heterocycles. The molecule has 1 N–H and O–H groups in total. The number of piperidine rings is 1. The summed E-state index contributed by atoms with van der Waals surface area (Å²) in [6.07, 6.45) is 0.722. The molecule has 3 fully saturated rings. The number of hydrogen-bond donors (Lipinski definition) is 1. The van der Waals surface area contributed by atoms with Gasteiger partial charge in [-0.2, -0.15) is 0 Å². The fourth-order valence-corrected chi connectivity index (χ4v) is 5.06. The lowest BCUT2D eigenvalue weighted by atomic mass is 9.78. The third-order valence-electron chi connectivity index (χ3n) is 7.94. The molecule has 2 aliphatic heterocycles. The maximum atomic E-state index is 11.9. The molecule has 1 amide bonds. The van der Waals surface area contributed by atoms with E-state index in [2.05, 4.69) is 69.1 Å². The number of alkyl carbamates (subject to hydrolysis) is 1. The van der Waals surface area contributed by atoms with Crippen molar-refractivity contribution in [3.8, 4) is 0 Å². The molecule has 0 aromatic heterocycles. The number of rotatable bonds is 6. The van der Waals surface area contributed by atoms with Gasteiger partial charge in [-0.1, -0.05) is 24.3 Å². The molecule has 6 nitrogen and oxygen atoms in total. The third kappa shape index (κ3) is 5.41. The van der Waals surface area contributed by atoms with E-state index in [-0.39, 0.29) is 30.0 Å². The number of likely N-dealkylation sites (tertiary alicyclic amines) is 1. The Labute approximate surface area is 199 Å². The van der Waals surface area contributed by atoms with E-state index in [9.17, 15) is 4.79 Å². The van der Waals surface area contributed by atoms with Gasteiger partial charge in [-0.3, -0.25) is 4.90 Å². The summed E-state index contributed by atoms with van der Waals surface area (Å²) in [6.45, 7) is 19.3. The molecule has 7 heteroatoms. The Kier molecular flexibility index (Phi) is 6.39. The van der Waals surface area contributed by atoms with E-state index in [4.69, 9.17) is 14.0 Å². The first-order valence-electron chi connectivity index (χ1n) is 12.4. The molecule has 1 aliphatic carbocycles. The van der Waals surface area contributed by atoms with E-state index in [1.807, 2.05) is 20.8 Å². The van der Waals surface area contributed by atoms with Gasteiger partial charge in [-0.15, -0.1) is 0 Å². The summed E-state index contributed by atoms with van der Waals surface area (Å²) in [7, 11) is -0.309. The van der Waals surface area contributed by atoms with Crippen LogP contribution in [-0.2, 0) is 20.5 Å². The molecular formula is C26H41BN2O4. The molecule has 1 saturated carbocycles. The predicted octanol–water partition coefficient (Wildman–Crippen LogP) is 3.62. The van der Waals surface area contributed by atoms with Gasteiger partial charge in [0.25, 0.3) is 0 Å². The Balaban J connectivity index is 1.22. The molecule has 1 aromatic carbocycles. The van der Waals surface area contributed by atoms with Crippen molar-refractivity contribution < 1.29 is 18.8 Å². The summed E-state index contributed by atoms with van der Waals surface area (Å²) >= 11 is 0. The molecule has 33 heavy (non-hydrogen) atoms. The first-order valence-corrected chi connectivity index (χ1v) is 12.4. The maximum Gasteiger partial charge on any atom is 0.494 e. The molecular weight excluding hydrogens is 415 g/mol. The normalized spacial score (nSPS) is 29.0. The van der Waals surface area contributed by atoms with E-state index in [0.29, 0.717) is 30.4 Å². The van der Waals surface area contributed by atoms with Crippen LogP contribution in [0.25, 0.3) is 0 Å². The van der Waals surface area contributed by atoms with E-state index in [1.54, 1.807) is 0 Å². The lowest BCUT2D eigenvalue weighted by molar-refractivity contribution is 0.00578. The van der Waals surface area contributed by atoms with Gasteiger partial charge in [0.05, 0.1) is 17.8 Å². The smallest absolute Gasteiger partial charge is 0.449 e. The lowest BCUT2D eigenvalue weighted by Gasteiger charge is -2.32. The monoisotopic (exact) mass is 456 g/mol. The van der Waals surface area contributed by atoms with E-state index in [0.717, 1.165) is 25.0 Å². The van der Waals surface area contributed by atoms with Crippen LogP contribution >= 0.6 is 0 Å². The van der Waals surface area contributed by atoms with E-state index in [1.165, 1.54) is 5.56 Å². The van der Waals surface area contributed by atoms with Gasteiger partial charge in [0.15, 0.2) is 0 Å².